The first-order chi connectivity index (χ1) is 7.68. The highest BCUT2D eigenvalue weighted by Crippen LogP contribution is 2.26. The van der Waals surface area contributed by atoms with Crippen LogP contribution in [0.4, 0.5) is 0 Å². The first-order valence-electron chi connectivity index (χ1n) is 6.26. The van der Waals surface area contributed by atoms with Gasteiger partial charge in [-0.15, -0.1) is 0 Å². The lowest BCUT2D eigenvalue weighted by Crippen LogP contribution is -2.21. The smallest absolute Gasteiger partial charge is 0.136 e. The summed E-state index contributed by atoms with van der Waals surface area (Å²) in [4.78, 5) is 11.8. The maximum Gasteiger partial charge on any atom is 0.136 e. The summed E-state index contributed by atoms with van der Waals surface area (Å²) in [5, 5.41) is 0. The van der Waals surface area contributed by atoms with Crippen molar-refractivity contribution in [3.05, 3.63) is 34.9 Å². The van der Waals surface area contributed by atoms with E-state index in [1.165, 1.54) is 23.1 Å². The minimum atomic E-state index is 0.286. The van der Waals surface area contributed by atoms with Crippen molar-refractivity contribution in [2.24, 2.45) is 5.92 Å². The second kappa shape index (κ2) is 4.82. The summed E-state index contributed by atoms with van der Waals surface area (Å²) in [6.07, 6.45) is 5.17. The van der Waals surface area contributed by atoms with Crippen LogP contribution in [0.2, 0.25) is 0 Å². The Morgan fingerprint density at radius 3 is 2.50 bits per heavy atom. The van der Waals surface area contributed by atoms with Crippen molar-refractivity contribution in [3.8, 4) is 0 Å². The van der Waals surface area contributed by atoms with Crippen LogP contribution in [0.25, 0.3) is 0 Å². The Morgan fingerprint density at radius 1 is 1.19 bits per heavy atom. The third kappa shape index (κ3) is 2.34. The summed E-state index contributed by atoms with van der Waals surface area (Å²) >= 11 is 0. The number of benzene rings is 1. The summed E-state index contributed by atoms with van der Waals surface area (Å²) < 4.78 is 0. The molecule has 1 unspecified atom stereocenters. The fraction of sp³-hybridized carbons (Fsp3) is 0.533. The van der Waals surface area contributed by atoms with E-state index < -0.39 is 0 Å². The average molecular weight is 216 g/mol. The molecule has 1 fully saturated rings. The van der Waals surface area contributed by atoms with Gasteiger partial charge < -0.3 is 0 Å². The van der Waals surface area contributed by atoms with Crippen molar-refractivity contribution >= 4 is 5.78 Å². The molecule has 2 rings (SSSR count). The van der Waals surface area contributed by atoms with Crippen LogP contribution < -0.4 is 0 Å². The van der Waals surface area contributed by atoms with Gasteiger partial charge >= 0.3 is 0 Å². The zero-order chi connectivity index (χ0) is 11.5. The zero-order valence-electron chi connectivity index (χ0n) is 10.3. The summed E-state index contributed by atoms with van der Waals surface area (Å²) in [7, 11) is 0. The standard InChI is InChI=1S/C15H20O/c1-11-6-5-7-12(2)14(11)10-13-8-3-4-9-15(13)16/h5-7,13H,3-4,8-10H2,1-2H3. The first-order valence-corrected chi connectivity index (χ1v) is 6.26. The highest BCUT2D eigenvalue weighted by Gasteiger charge is 2.23. The Balaban J connectivity index is 2.16. The summed E-state index contributed by atoms with van der Waals surface area (Å²) in [5.74, 6) is 0.766. The molecule has 0 radical (unpaired) electrons. The van der Waals surface area contributed by atoms with Gasteiger partial charge in [-0.1, -0.05) is 24.6 Å². The molecule has 0 spiro atoms. The lowest BCUT2D eigenvalue weighted by atomic mass is 9.82. The molecule has 0 heterocycles. The molecule has 1 heteroatoms. The molecule has 16 heavy (non-hydrogen) atoms. The molecular weight excluding hydrogens is 196 g/mol. The Bertz CT molecular complexity index is 372. The SMILES string of the molecule is Cc1cccc(C)c1CC1CCCCC1=O. The van der Waals surface area contributed by atoms with Crippen molar-refractivity contribution in [2.45, 2.75) is 46.0 Å². The number of hydrogen-bond donors (Lipinski definition) is 0. The van der Waals surface area contributed by atoms with E-state index >= 15 is 0 Å². The van der Waals surface area contributed by atoms with Gasteiger partial charge in [0, 0.05) is 12.3 Å². The third-order valence-corrected chi connectivity index (χ3v) is 3.78. The minimum absolute atomic E-state index is 0.286. The van der Waals surface area contributed by atoms with Crippen LogP contribution in [0, 0.1) is 19.8 Å². The predicted molar refractivity (Wildman–Crippen MR) is 66.6 cm³/mol. The van der Waals surface area contributed by atoms with Crippen LogP contribution in [-0.2, 0) is 11.2 Å². The van der Waals surface area contributed by atoms with Crippen molar-refractivity contribution in [2.75, 3.05) is 0 Å². The number of Topliss-reactive ketones (excluding diaryl/α,β-unsaturated/α-hetero) is 1. The molecular formula is C15H20O. The number of carbonyl (C=O) groups is 1. The van der Waals surface area contributed by atoms with Gasteiger partial charge in [0.1, 0.15) is 5.78 Å². The van der Waals surface area contributed by atoms with Crippen molar-refractivity contribution < 1.29 is 4.79 Å². The Hall–Kier alpha value is -1.11. The van der Waals surface area contributed by atoms with Crippen LogP contribution in [0.1, 0.15) is 42.4 Å². The molecule has 0 saturated heterocycles. The van der Waals surface area contributed by atoms with Gasteiger partial charge in [-0.2, -0.15) is 0 Å². The zero-order valence-corrected chi connectivity index (χ0v) is 10.3. The fourth-order valence-electron chi connectivity index (χ4n) is 2.69. The Labute approximate surface area is 97.9 Å². The summed E-state index contributed by atoms with van der Waals surface area (Å²) in [6.45, 7) is 4.30. The predicted octanol–water partition coefficient (Wildman–Crippen LogP) is 3.61. The molecule has 0 amide bonds. The van der Waals surface area contributed by atoms with E-state index in [0.29, 0.717) is 5.78 Å². The molecule has 1 aromatic rings. The highest BCUT2D eigenvalue weighted by atomic mass is 16.1. The van der Waals surface area contributed by atoms with Gasteiger partial charge in [-0.05, 0) is 49.8 Å². The van der Waals surface area contributed by atoms with Gasteiger partial charge in [0.15, 0.2) is 0 Å². The van der Waals surface area contributed by atoms with Gasteiger partial charge in [0.2, 0.25) is 0 Å². The molecule has 0 N–H and O–H groups in total. The first kappa shape index (κ1) is 11.4. The average Bonchev–Trinajstić information content (AvgIpc) is 2.26. The maximum atomic E-state index is 11.8. The molecule has 1 saturated carbocycles. The van der Waals surface area contributed by atoms with E-state index in [4.69, 9.17) is 0 Å². The second-order valence-electron chi connectivity index (χ2n) is 4.98. The maximum absolute atomic E-state index is 11.8. The van der Waals surface area contributed by atoms with Gasteiger partial charge in [0.25, 0.3) is 0 Å². The topological polar surface area (TPSA) is 17.1 Å². The van der Waals surface area contributed by atoms with Crippen molar-refractivity contribution in [1.82, 2.24) is 0 Å². The van der Waals surface area contributed by atoms with Crippen LogP contribution in [0.15, 0.2) is 18.2 Å². The molecule has 1 aromatic carbocycles. The molecule has 86 valence electrons. The minimum Gasteiger partial charge on any atom is -0.299 e. The van der Waals surface area contributed by atoms with E-state index in [9.17, 15) is 4.79 Å². The lowest BCUT2D eigenvalue weighted by molar-refractivity contribution is -0.124. The van der Waals surface area contributed by atoms with Crippen molar-refractivity contribution in [1.29, 1.82) is 0 Å². The van der Waals surface area contributed by atoms with Crippen LogP contribution >= 0.6 is 0 Å². The fourth-order valence-corrected chi connectivity index (χ4v) is 2.69. The Kier molecular flexibility index (Phi) is 3.42. The lowest BCUT2D eigenvalue weighted by Gasteiger charge is -2.22. The number of rotatable bonds is 2. The largest absolute Gasteiger partial charge is 0.299 e. The molecule has 0 aromatic heterocycles. The van der Waals surface area contributed by atoms with Gasteiger partial charge in [0.05, 0.1) is 0 Å². The van der Waals surface area contributed by atoms with Crippen molar-refractivity contribution in [3.63, 3.8) is 0 Å². The summed E-state index contributed by atoms with van der Waals surface area (Å²) in [6, 6.07) is 6.39. The summed E-state index contributed by atoms with van der Waals surface area (Å²) in [5.41, 5.74) is 4.06. The van der Waals surface area contributed by atoms with E-state index in [1.807, 2.05) is 0 Å². The van der Waals surface area contributed by atoms with E-state index in [2.05, 4.69) is 32.0 Å². The third-order valence-electron chi connectivity index (χ3n) is 3.78. The van der Waals surface area contributed by atoms with Crippen LogP contribution in [0.5, 0.6) is 0 Å². The number of ketones is 1. The van der Waals surface area contributed by atoms with E-state index in [-0.39, 0.29) is 5.92 Å². The van der Waals surface area contributed by atoms with E-state index in [1.54, 1.807) is 0 Å². The second-order valence-corrected chi connectivity index (χ2v) is 4.98. The molecule has 0 aliphatic heterocycles. The van der Waals surface area contributed by atoms with Crippen LogP contribution in [0.3, 0.4) is 0 Å². The van der Waals surface area contributed by atoms with Crippen LogP contribution in [-0.4, -0.2) is 5.78 Å². The molecule has 1 aliphatic carbocycles. The molecule has 0 bridgehead atoms. The molecule has 1 nitrogen and oxygen atoms in total. The van der Waals surface area contributed by atoms with Gasteiger partial charge in [-0.25, -0.2) is 0 Å². The number of hydrogen-bond acceptors (Lipinski definition) is 1. The Morgan fingerprint density at radius 2 is 1.88 bits per heavy atom. The van der Waals surface area contributed by atoms with E-state index in [0.717, 1.165) is 25.7 Å². The number of carbonyl (C=O) groups excluding carboxylic acids is 1. The normalized spacial score (nSPS) is 21.1. The van der Waals surface area contributed by atoms with Gasteiger partial charge in [-0.3, -0.25) is 4.79 Å². The number of aryl methyl sites for hydroxylation is 2. The monoisotopic (exact) mass is 216 g/mol. The molecule has 1 atom stereocenters. The highest BCUT2D eigenvalue weighted by molar-refractivity contribution is 5.82. The molecule has 1 aliphatic rings. The quantitative estimate of drug-likeness (QED) is 0.738.